The first-order valence-electron chi connectivity index (χ1n) is 5.08. The van der Waals surface area contributed by atoms with E-state index in [9.17, 15) is 52.7 Å². The normalized spacial score (nSPS) is 13.6. The minimum atomic E-state index is -6.09. The van der Waals surface area contributed by atoms with E-state index in [1.54, 1.807) is 0 Å². The average molecular weight is 788 g/mol. The quantitative estimate of drug-likeness (QED) is 0.182. The first kappa shape index (κ1) is 42.6. The van der Waals surface area contributed by atoms with Crippen molar-refractivity contribution in [2.45, 2.75) is 22.0 Å². The topological polar surface area (TPSA) is 229 Å². The van der Waals surface area contributed by atoms with Gasteiger partial charge in [-0.1, -0.05) is 0 Å². The van der Waals surface area contributed by atoms with E-state index in [1.165, 1.54) is 0 Å². The number of alkyl halides is 12. The smallest absolute Gasteiger partial charge is 0.485 e. The van der Waals surface area contributed by atoms with Gasteiger partial charge in [0.2, 0.25) is 0 Å². The van der Waals surface area contributed by atoms with Crippen LogP contribution in [0, 0.1) is 0 Å². The molecule has 33 heavy (non-hydrogen) atoms. The molecular formula is C4F12IrO12S4-4. The maximum absolute atomic E-state index is 10.7. The molecule has 0 aromatic heterocycles. The molecule has 0 heterocycles. The standard InChI is InChI=1S/4CHF3O3S.Ir/c4*2-1(3,4)8(5,6)7;/h4*(H,5,6,7);/p-4. The van der Waals surface area contributed by atoms with Crippen LogP contribution in [0.5, 0.6) is 0 Å². The Morgan fingerprint density at radius 1 is 0.333 bits per heavy atom. The summed E-state index contributed by atoms with van der Waals surface area (Å²) in [5.74, 6) is 0. The first-order chi connectivity index (χ1) is 13.0. The summed E-state index contributed by atoms with van der Waals surface area (Å²) in [7, 11) is -24.4. The molecule has 0 bridgehead atoms. The summed E-state index contributed by atoms with van der Waals surface area (Å²) in [6.07, 6.45) is 0. The molecule has 0 saturated carbocycles. The zero-order chi connectivity index (χ0) is 28.0. The molecule has 0 aliphatic rings. The van der Waals surface area contributed by atoms with Gasteiger partial charge in [-0.15, -0.1) is 0 Å². The van der Waals surface area contributed by atoms with Gasteiger partial charge in [-0.05, 0) is 0 Å². The Morgan fingerprint density at radius 3 is 0.364 bits per heavy atom. The summed E-state index contributed by atoms with van der Waals surface area (Å²) in [6.45, 7) is 0. The third-order valence-corrected chi connectivity index (χ3v) is 3.40. The van der Waals surface area contributed by atoms with Gasteiger partial charge in [-0.25, -0.2) is 33.7 Å². The zero-order valence-electron chi connectivity index (χ0n) is 13.4. The van der Waals surface area contributed by atoms with Gasteiger partial charge in [0.1, 0.15) is 0 Å². The molecule has 0 atom stereocenters. The van der Waals surface area contributed by atoms with E-state index in [0.29, 0.717) is 0 Å². The molecule has 0 rings (SSSR count). The Kier molecular flexibility index (Phi) is 16.7. The molecule has 0 unspecified atom stereocenters. The largest absolute Gasteiger partial charge is 0.741 e. The monoisotopic (exact) mass is 789 g/mol. The third-order valence-electron chi connectivity index (χ3n) is 1.13. The van der Waals surface area contributed by atoms with E-state index in [0.717, 1.165) is 0 Å². The number of hydrogen-bond donors (Lipinski definition) is 0. The maximum Gasteiger partial charge on any atom is 0.485 e. The van der Waals surface area contributed by atoms with E-state index in [-0.39, 0.29) is 20.1 Å². The fraction of sp³-hybridized carbons (Fsp3) is 1.00. The van der Waals surface area contributed by atoms with Crippen LogP contribution in [0.4, 0.5) is 52.7 Å². The van der Waals surface area contributed by atoms with Gasteiger partial charge in [0.05, 0.1) is 0 Å². The van der Waals surface area contributed by atoms with Crippen molar-refractivity contribution >= 4 is 40.5 Å². The van der Waals surface area contributed by atoms with Crippen LogP contribution in [0.3, 0.4) is 0 Å². The summed E-state index contributed by atoms with van der Waals surface area (Å²) in [4.78, 5) is 0. The molecule has 0 spiro atoms. The van der Waals surface area contributed by atoms with Crippen LogP contribution in [0.15, 0.2) is 0 Å². The Labute approximate surface area is 187 Å². The molecule has 0 aromatic rings. The van der Waals surface area contributed by atoms with Gasteiger partial charge in [0.15, 0.2) is 40.5 Å². The molecule has 0 fully saturated rings. The predicted molar refractivity (Wildman–Crippen MR) is 63.0 cm³/mol. The van der Waals surface area contributed by atoms with Gasteiger partial charge < -0.3 is 18.2 Å². The van der Waals surface area contributed by atoms with Crippen LogP contribution in [0.2, 0.25) is 0 Å². The summed E-state index contributed by atoms with van der Waals surface area (Å²) in [6, 6.07) is 0. The molecule has 209 valence electrons. The van der Waals surface area contributed by atoms with E-state index in [2.05, 4.69) is 0 Å². The molecule has 12 nitrogen and oxygen atoms in total. The second-order valence-electron chi connectivity index (χ2n) is 3.60. The van der Waals surface area contributed by atoms with Gasteiger partial charge in [0, 0.05) is 20.1 Å². The molecule has 0 aliphatic heterocycles. The molecule has 1 radical (unpaired) electrons. The van der Waals surface area contributed by atoms with Crippen molar-refractivity contribution in [2.75, 3.05) is 0 Å². The Morgan fingerprint density at radius 2 is 0.364 bits per heavy atom. The summed E-state index contributed by atoms with van der Waals surface area (Å²) >= 11 is 0. The molecule has 29 heteroatoms. The van der Waals surface area contributed by atoms with Crippen molar-refractivity contribution in [3.63, 3.8) is 0 Å². The Bertz CT molecular complexity index is 828. The van der Waals surface area contributed by atoms with E-state index < -0.39 is 62.5 Å². The van der Waals surface area contributed by atoms with Crippen molar-refractivity contribution in [2.24, 2.45) is 0 Å². The van der Waals surface area contributed by atoms with Gasteiger partial charge >= 0.3 is 22.0 Å². The Balaban J connectivity index is -0.000000105. The summed E-state index contributed by atoms with van der Waals surface area (Å²) < 4.78 is 236. The van der Waals surface area contributed by atoms with E-state index in [4.69, 9.17) is 51.9 Å². The van der Waals surface area contributed by atoms with Crippen LogP contribution < -0.4 is 0 Å². The summed E-state index contributed by atoms with van der Waals surface area (Å²) in [5, 5.41) is 0. The van der Waals surface area contributed by atoms with Crippen molar-refractivity contribution in [3.05, 3.63) is 0 Å². The Hall–Kier alpha value is -0.551. The van der Waals surface area contributed by atoms with Crippen LogP contribution in [-0.4, -0.2) is 73.9 Å². The number of hydrogen-bond acceptors (Lipinski definition) is 12. The molecule has 0 saturated heterocycles. The minimum absolute atomic E-state index is 0. The SMILES string of the molecule is O=S(=O)([O-])C(F)(F)F.O=S(=O)([O-])C(F)(F)F.O=S(=O)([O-])C(F)(F)F.O=S(=O)([O-])C(F)(F)F.[Ir]. The minimum Gasteiger partial charge on any atom is -0.741 e. The van der Waals surface area contributed by atoms with Crippen LogP contribution in [0.25, 0.3) is 0 Å². The molecular weight excluding hydrogens is 788 g/mol. The fourth-order valence-electron chi connectivity index (χ4n) is 0. The zero-order valence-corrected chi connectivity index (χ0v) is 19.1. The predicted octanol–water partition coefficient (Wildman–Crippen LogP) is 0.203. The molecule has 0 N–H and O–H groups in total. The van der Waals surface area contributed by atoms with Crippen molar-refractivity contribution in [1.29, 1.82) is 0 Å². The number of halogens is 12. The number of rotatable bonds is 0. The van der Waals surface area contributed by atoms with E-state index >= 15 is 0 Å². The average Bonchev–Trinajstić information content (AvgIpc) is 2.30. The molecule has 0 aromatic carbocycles. The fourth-order valence-corrected chi connectivity index (χ4v) is 0. The third kappa shape index (κ3) is 21.7. The second kappa shape index (κ2) is 13.0. The van der Waals surface area contributed by atoms with Crippen molar-refractivity contribution < 1.29 is 125 Å². The van der Waals surface area contributed by atoms with Crippen molar-refractivity contribution in [1.82, 2.24) is 0 Å². The van der Waals surface area contributed by atoms with Crippen molar-refractivity contribution in [3.8, 4) is 0 Å². The van der Waals surface area contributed by atoms with Crippen LogP contribution in [0.1, 0.15) is 0 Å². The van der Waals surface area contributed by atoms with Crippen LogP contribution in [-0.2, 0) is 60.6 Å². The van der Waals surface area contributed by atoms with Gasteiger partial charge in [-0.3, -0.25) is 0 Å². The van der Waals surface area contributed by atoms with Gasteiger partial charge in [-0.2, -0.15) is 52.7 Å². The molecule has 0 aliphatic carbocycles. The first-order valence-corrected chi connectivity index (χ1v) is 10.7. The maximum atomic E-state index is 10.7. The summed E-state index contributed by atoms with van der Waals surface area (Å²) in [5.41, 5.74) is -22.6. The second-order valence-corrected chi connectivity index (χ2v) is 9.08. The molecule has 0 amide bonds. The van der Waals surface area contributed by atoms with E-state index in [1.807, 2.05) is 0 Å². The van der Waals surface area contributed by atoms with Gasteiger partial charge in [0.25, 0.3) is 0 Å². The van der Waals surface area contributed by atoms with Crippen LogP contribution >= 0.6 is 0 Å².